The Morgan fingerprint density at radius 3 is 1.41 bits per heavy atom. The van der Waals surface area contributed by atoms with E-state index in [4.69, 9.17) is 4.74 Å². The topological polar surface area (TPSA) is 26.3 Å². The van der Waals surface area contributed by atoms with E-state index in [1.807, 2.05) is 0 Å². The summed E-state index contributed by atoms with van der Waals surface area (Å²) in [5.41, 5.74) is 0. The number of hydrogen-bond donors (Lipinski definition) is 0. The molecule has 0 aliphatic rings. The van der Waals surface area contributed by atoms with Crippen LogP contribution < -0.4 is 0 Å². The number of carbonyl (C=O) groups is 1. The van der Waals surface area contributed by atoms with Gasteiger partial charge in [0.2, 0.25) is 0 Å². The Labute approximate surface area is 171 Å². The van der Waals surface area contributed by atoms with Gasteiger partial charge in [-0.3, -0.25) is 4.79 Å². The van der Waals surface area contributed by atoms with E-state index in [0.29, 0.717) is 6.61 Å². The maximum absolute atomic E-state index is 12.0. The van der Waals surface area contributed by atoms with Gasteiger partial charge in [0.1, 0.15) is 0 Å². The largest absolute Gasteiger partial charge is 0.465 e. The van der Waals surface area contributed by atoms with Crippen molar-refractivity contribution in [3.63, 3.8) is 0 Å². The molecule has 2 heteroatoms. The second-order valence-corrected chi connectivity index (χ2v) is 8.36. The first-order valence-electron chi connectivity index (χ1n) is 12.4. The van der Waals surface area contributed by atoms with Crippen LogP contribution >= 0.6 is 0 Å². The lowest BCUT2D eigenvalue weighted by Gasteiger charge is -2.13. The Balaban J connectivity index is 3.25. The first-order chi connectivity index (χ1) is 13.3. The van der Waals surface area contributed by atoms with Gasteiger partial charge in [0.25, 0.3) is 0 Å². The highest BCUT2D eigenvalue weighted by atomic mass is 16.5. The molecule has 0 aromatic heterocycles. The number of rotatable bonds is 21. The molecule has 0 N–H and O–H groups in total. The van der Waals surface area contributed by atoms with Crippen molar-refractivity contribution in [2.45, 2.75) is 143 Å². The first kappa shape index (κ1) is 26.5. The zero-order chi connectivity index (χ0) is 20.0. The van der Waals surface area contributed by atoms with Gasteiger partial charge < -0.3 is 4.74 Å². The molecule has 27 heavy (non-hydrogen) atoms. The summed E-state index contributed by atoms with van der Waals surface area (Å²) in [6.45, 7) is 7.18. The Kier molecular flexibility index (Phi) is 21.3. The van der Waals surface area contributed by atoms with Crippen molar-refractivity contribution in [2.75, 3.05) is 6.61 Å². The van der Waals surface area contributed by atoms with Gasteiger partial charge in [0, 0.05) is 0 Å². The molecule has 0 aromatic rings. The summed E-state index contributed by atoms with van der Waals surface area (Å²) in [6, 6.07) is 0. The summed E-state index contributed by atoms with van der Waals surface area (Å²) in [4.78, 5) is 12.0. The minimum absolute atomic E-state index is 0.0383. The molecule has 0 saturated carbocycles. The molecule has 0 bridgehead atoms. The van der Waals surface area contributed by atoms with Crippen molar-refractivity contribution < 1.29 is 9.53 Å². The van der Waals surface area contributed by atoms with Crippen molar-refractivity contribution in [1.29, 1.82) is 0 Å². The van der Waals surface area contributed by atoms with Crippen molar-refractivity contribution in [3.8, 4) is 0 Å². The van der Waals surface area contributed by atoms with Gasteiger partial charge in [-0.05, 0) is 19.3 Å². The lowest BCUT2D eigenvalue weighted by Crippen LogP contribution is -2.17. The Hall–Kier alpha value is -0.530. The first-order valence-corrected chi connectivity index (χ1v) is 12.4. The van der Waals surface area contributed by atoms with Gasteiger partial charge in [-0.2, -0.15) is 0 Å². The van der Waals surface area contributed by atoms with E-state index in [0.717, 1.165) is 32.1 Å². The standard InChI is InChI=1S/C25H50O2/c1-4-7-9-10-11-12-13-14-15-16-17-18-19-20-21-23-27-25(26)24(6-3)22-8-5-2/h24H,4-23H2,1-3H3. The summed E-state index contributed by atoms with van der Waals surface area (Å²) in [5.74, 6) is 0.164. The highest BCUT2D eigenvalue weighted by Crippen LogP contribution is 2.15. The number of ether oxygens (including phenoxy) is 1. The molecule has 0 aliphatic carbocycles. The summed E-state index contributed by atoms with van der Waals surface area (Å²) in [5, 5.41) is 0. The zero-order valence-corrected chi connectivity index (χ0v) is 19.0. The quantitative estimate of drug-likeness (QED) is 0.147. The van der Waals surface area contributed by atoms with Crippen molar-refractivity contribution in [2.24, 2.45) is 5.92 Å². The van der Waals surface area contributed by atoms with Crippen LogP contribution in [0.15, 0.2) is 0 Å². The van der Waals surface area contributed by atoms with Crippen molar-refractivity contribution >= 4 is 5.97 Å². The lowest BCUT2D eigenvalue weighted by molar-refractivity contribution is -0.149. The van der Waals surface area contributed by atoms with Gasteiger partial charge in [0.15, 0.2) is 0 Å². The predicted octanol–water partition coefficient (Wildman–Crippen LogP) is 8.62. The van der Waals surface area contributed by atoms with E-state index in [1.165, 1.54) is 89.9 Å². The van der Waals surface area contributed by atoms with Crippen LogP contribution in [0.1, 0.15) is 143 Å². The summed E-state index contributed by atoms with van der Waals surface area (Å²) in [6.07, 6.45) is 24.7. The number of hydrogen-bond acceptors (Lipinski definition) is 2. The molecule has 0 spiro atoms. The van der Waals surface area contributed by atoms with Crippen molar-refractivity contribution in [3.05, 3.63) is 0 Å². The Morgan fingerprint density at radius 1 is 0.593 bits per heavy atom. The predicted molar refractivity (Wildman–Crippen MR) is 119 cm³/mol. The highest BCUT2D eigenvalue weighted by molar-refractivity contribution is 5.72. The SMILES string of the molecule is CCCCCCCCCCCCCCCCCOC(=O)C(CC)CCCC. The highest BCUT2D eigenvalue weighted by Gasteiger charge is 2.16. The minimum atomic E-state index is 0.0383. The third-order valence-corrected chi connectivity index (χ3v) is 5.72. The van der Waals surface area contributed by atoms with Crippen LogP contribution in [0, 0.1) is 5.92 Å². The molecule has 0 saturated heterocycles. The van der Waals surface area contributed by atoms with Gasteiger partial charge in [-0.1, -0.05) is 124 Å². The molecule has 0 radical (unpaired) electrons. The zero-order valence-electron chi connectivity index (χ0n) is 19.0. The maximum atomic E-state index is 12.0. The summed E-state index contributed by atoms with van der Waals surface area (Å²) < 4.78 is 5.47. The second-order valence-electron chi connectivity index (χ2n) is 8.36. The molecule has 1 unspecified atom stereocenters. The van der Waals surface area contributed by atoms with Crippen LogP contribution in [0.2, 0.25) is 0 Å². The van der Waals surface area contributed by atoms with Crippen LogP contribution in [0.3, 0.4) is 0 Å². The molecule has 0 amide bonds. The third-order valence-electron chi connectivity index (χ3n) is 5.72. The van der Waals surface area contributed by atoms with Gasteiger partial charge >= 0.3 is 5.97 Å². The molecule has 0 aromatic carbocycles. The van der Waals surface area contributed by atoms with E-state index >= 15 is 0 Å². The van der Waals surface area contributed by atoms with Crippen LogP contribution in [0.25, 0.3) is 0 Å². The monoisotopic (exact) mass is 382 g/mol. The normalized spacial score (nSPS) is 12.3. The molecule has 0 aliphatic heterocycles. The van der Waals surface area contributed by atoms with Crippen LogP contribution in [0.5, 0.6) is 0 Å². The fraction of sp³-hybridized carbons (Fsp3) is 0.960. The van der Waals surface area contributed by atoms with Gasteiger partial charge in [0.05, 0.1) is 12.5 Å². The van der Waals surface area contributed by atoms with Crippen LogP contribution in [-0.4, -0.2) is 12.6 Å². The molecular formula is C25H50O2. The van der Waals surface area contributed by atoms with E-state index in [2.05, 4.69) is 20.8 Å². The summed E-state index contributed by atoms with van der Waals surface area (Å²) >= 11 is 0. The molecule has 0 fully saturated rings. The van der Waals surface area contributed by atoms with E-state index in [1.54, 1.807) is 0 Å². The fourth-order valence-electron chi connectivity index (χ4n) is 3.70. The van der Waals surface area contributed by atoms with E-state index < -0.39 is 0 Å². The van der Waals surface area contributed by atoms with Crippen LogP contribution in [0.4, 0.5) is 0 Å². The molecule has 1 atom stereocenters. The van der Waals surface area contributed by atoms with Gasteiger partial charge in [-0.15, -0.1) is 0 Å². The lowest BCUT2D eigenvalue weighted by atomic mass is 10.00. The maximum Gasteiger partial charge on any atom is 0.308 e. The van der Waals surface area contributed by atoms with E-state index in [9.17, 15) is 4.79 Å². The van der Waals surface area contributed by atoms with Gasteiger partial charge in [-0.25, -0.2) is 0 Å². The number of esters is 1. The number of carbonyl (C=O) groups excluding carboxylic acids is 1. The molecule has 0 heterocycles. The Morgan fingerprint density at radius 2 is 1.00 bits per heavy atom. The molecule has 2 nitrogen and oxygen atoms in total. The summed E-state index contributed by atoms with van der Waals surface area (Å²) in [7, 11) is 0. The second kappa shape index (κ2) is 21.8. The molecule has 162 valence electrons. The van der Waals surface area contributed by atoms with E-state index in [-0.39, 0.29) is 11.9 Å². The van der Waals surface area contributed by atoms with Crippen molar-refractivity contribution in [1.82, 2.24) is 0 Å². The average Bonchev–Trinajstić information content (AvgIpc) is 2.68. The molecule has 0 rings (SSSR count). The third kappa shape index (κ3) is 18.6. The molecular weight excluding hydrogens is 332 g/mol. The Bertz CT molecular complexity index is 301. The van der Waals surface area contributed by atoms with Crippen LogP contribution in [-0.2, 0) is 9.53 Å². The number of unbranched alkanes of at least 4 members (excludes halogenated alkanes) is 15. The average molecular weight is 383 g/mol. The minimum Gasteiger partial charge on any atom is -0.465 e. The fourth-order valence-corrected chi connectivity index (χ4v) is 3.70. The smallest absolute Gasteiger partial charge is 0.308 e.